The first-order valence-corrected chi connectivity index (χ1v) is 3.30. The first-order chi connectivity index (χ1) is 4.34. The molecule has 0 aromatic heterocycles. The molecular weight excluding hydrogens is 154 g/mol. The van der Waals surface area contributed by atoms with Crippen LogP contribution in [0.5, 0.6) is 0 Å². The molecule has 62 valence electrons. The number of ether oxygens (including phenoxy) is 1. The lowest BCUT2D eigenvalue weighted by Crippen LogP contribution is -2.48. The van der Waals surface area contributed by atoms with Crippen LogP contribution in [0.4, 0.5) is 0 Å². The Hall–Kier alpha value is 0.170. The van der Waals surface area contributed by atoms with E-state index in [1.54, 1.807) is 0 Å². The molecule has 4 heteroatoms. The highest BCUT2D eigenvalue weighted by atomic mass is 35.5. The summed E-state index contributed by atoms with van der Waals surface area (Å²) in [6, 6.07) is 0.138. The Labute approximate surface area is 67.2 Å². The molecule has 2 atom stereocenters. The van der Waals surface area contributed by atoms with Crippen LogP contribution in [0.15, 0.2) is 0 Å². The van der Waals surface area contributed by atoms with Crippen LogP contribution in [0.1, 0.15) is 6.92 Å². The highest BCUT2D eigenvalue weighted by Crippen LogP contribution is 2.01. The van der Waals surface area contributed by atoms with E-state index in [0.29, 0.717) is 0 Å². The van der Waals surface area contributed by atoms with E-state index < -0.39 is 0 Å². The third-order valence-corrected chi connectivity index (χ3v) is 1.65. The predicted octanol–water partition coefficient (Wildman–Crippen LogP) is -0.223. The molecule has 0 radical (unpaired) electrons. The average molecular weight is 168 g/mol. The number of hydrogen-bond donors (Lipinski definition) is 2. The van der Waals surface area contributed by atoms with Crippen molar-refractivity contribution in [3.8, 4) is 0 Å². The molecule has 2 N–H and O–H groups in total. The second-order valence-electron chi connectivity index (χ2n) is 2.32. The van der Waals surface area contributed by atoms with Crippen molar-refractivity contribution in [1.29, 1.82) is 0 Å². The van der Waals surface area contributed by atoms with Gasteiger partial charge in [0.05, 0.1) is 25.4 Å². The van der Waals surface area contributed by atoms with Crippen LogP contribution >= 0.6 is 12.4 Å². The second-order valence-corrected chi connectivity index (χ2v) is 2.32. The average Bonchev–Trinajstić information content (AvgIpc) is 1.89. The Morgan fingerprint density at radius 1 is 1.70 bits per heavy atom. The van der Waals surface area contributed by atoms with E-state index in [9.17, 15) is 0 Å². The highest BCUT2D eigenvalue weighted by Gasteiger charge is 2.19. The quantitative estimate of drug-likeness (QED) is 0.568. The zero-order valence-corrected chi connectivity index (χ0v) is 6.86. The lowest BCUT2D eigenvalue weighted by Gasteiger charge is -2.28. The van der Waals surface area contributed by atoms with E-state index in [1.165, 1.54) is 0 Å². The molecule has 0 amide bonds. The van der Waals surface area contributed by atoms with Gasteiger partial charge in [-0.1, -0.05) is 0 Å². The lowest BCUT2D eigenvalue weighted by atomic mass is 10.2. The normalized spacial score (nSPS) is 33.0. The molecular formula is C6H14ClNO2. The van der Waals surface area contributed by atoms with Crippen molar-refractivity contribution < 1.29 is 9.84 Å². The predicted molar refractivity (Wildman–Crippen MR) is 41.5 cm³/mol. The monoisotopic (exact) mass is 167 g/mol. The van der Waals surface area contributed by atoms with Crippen molar-refractivity contribution >= 4 is 12.4 Å². The SMILES string of the molecule is C[C@@H]1OCCN[C@H]1CO.Cl. The minimum Gasteiger partial charge on any atom is -0.395 e. The van der Waals surface area contributed by atoms with Gasteiger partial charge in [-0.3, -0.25) is 0 Å². The minimum atomic E-state index is 0. The molecule has 1 heterocycles. The fourth-order valence-corrected chi connectivity index (χ4v) is 0.984. The number of nitrogens with one attached hydrogen (secondary N) is 1. The van der Waals surface area contributed by atoms with Crippen molar-refractivity contribution in [3.05, 3.63) is 0 Å². The Morgan fingerprint density at radius 3 is 2.80 bits per heavy atom. The molecule has 1 fully saturated rings. The van der Waals surface area contributed by atoms with Gasteiger partial charge in [0.1, 0.15) is 0 Å². The zero-order valence-electron chi connectivity index (χ0n) is 6.04. The van der Waals surface area contributed by atoms with Crippen LogP contribution in [0.3, 0.4) is 0 Å². The molecule has 1 aliphatic rings. The smallest absolute Gasteiger partial charge is 0.0723 e. The third kappa shape index (κ3) is 2.42. The van der Waals surface area contributed by atoms with E-state index >= 15 is 0 Å². The van der Waals surface area contributed by atoms with Crippen molar-refractivity contribution in [3.63, 3.8) is 0 Å². The molecule has 0 aromatic carbocycles. The second kappa shape index (κ2) is 4.91. The molecule has 1 aliphatic heterocycles. The summed E-state index contributed by atoms with van der Waals surface area (Å²) in [5.74, 6) is 0. The van der Waals surface area contributed by atoms with Gasteiger partial charge in [-0.05, 0) is 6.92 Å². The molecule has 1 rings (SSSR count). The van der Waals surface area contributed by atoms with Crippen LogP contribution < -0.4 is 5.32 Å². The first kappa shape index (κ1) is 10.2. The van der Waals surface area contributed by atoms with Crippen LogP contribution in [0, 0.1) is 0 Å². The van der Waals surface area contributed by atoms with Gasteiger partial charge in [0.25, 0.3) is 0 Å². The third-order valence-electron chi connectivity index (χ3n) is 1.65. The Balaban J connectivity index is 0.000000810. The summed E-state index contributed by atoms with van der Waals surface area (Å²) in [7, 11) is 0. The van der Waals surface area contributed by atoms with Crippen LogP contribution in [-0.4, -0.2) is 37.0 Å². The fourth-order valence-electron chi connectivity index (χ4n) is 0.984. The van der Waals surface area contributed by atoms with Gasteiger partial charge in [-0.2, -0.15) is 0 Å². The van der Waals surface area contributed by atoms with E-state index in [1.807, 2.05) is 6.92 Å². The number of aliphatic hydroxyl groups excluding tert-OH is 1. The summed E-state index contributed by atoms with van der Waals surface area (Å²) in [5, 5.41) is 11.9. The summed E-state index contributed by atoms with van der Waals surface area (Å²) < 4.78 is 5.26. The Kier molecular flexibility index (Phi) is 4.99. The molecule has 0 aliphatic carbocycles. The molecule has 0 saturated carbocycles. The fraction of sp³-hybridized carbons (Fsp3) is 1.00. The van der Waals surface area contributed by atoms with E-state index in [0.717, 1.165) is 13.2 Å². The van der Waals surface area contributed by atoms with Crippen LogP contribution in [0.25, 0.3) is 0 Å². The van der Waals surface area contributed by atoms with Gasteiger partial charge in [0.15, 0.2) is 0 Å². The number of rotatable bonds is 1. The van der Waals surface area contributed by atoms with Crippen LogP contribution in [-0.2, 0) is 4.74 Å². The zero-order chi connectivity index (χ0) is 6.69. The molecule has 0 spiro atoms. The number of morpholine rings is 1. The lowest BCUT2D eigenvalue weighted by molar-refractivity contribution is -0.00795. The van der Waals surface area contributed by atoms with E-state index in [4.69, 9.17) is 9.84 Å². The van der Waals surface area contributed by atoms with Gasteiger partial charge in [0.2, 0.25) is 0 Å². The number of halogens is 1. The molecule has 0 aromatic rings. The standard InChI is InChI=1S/C6H13NO2.ClH/c1-5-6(4-8)7-2-3-9-5;/h5-8H,2-4H2,1H3;1H/t5-,6-;/m0./s1. The Bertz CT molecular complexity index is 91.8. The van der Waals surface area contributed by atoms with Crippen molar-refractivity contribution in [2.75, 3.05) is 19.8 Å². The van der Waals surface area contributed by atoms with Crippen molar-refractivity contribution in [2.24, 2.45) is 0 Å². The van der Waals surface area contributed by atoms with Gasteiger partial charge in [0, 0.05) is 6.54 Å². The minimum absolute atomic E-state index is 0. The maximum atomic E-state index is 8.72. The molecule has 0 unspecified atom stereocenters. The number of hydrogen-bond acceptors (Lipinski definition) is 3. The van der Waals surface area contributed by atoms with Gasteiger partial charge >= 0.3 is 0 Å². The Morgan fingerprint density at radius 2 is 2.40 bits per heavy atom. The van der Waals surface area contributed by atoms with E-state index in [-0.39, 0.29) is 31.2 Å². The summed E-state index contributed by atoms with van der Waals surface area (Å²) in [5.41, 5.74) is 0. The maximum absolute atomic E-state index is 8.72. The van der Waals surface area contributed by atoms with E-state index in [2.05, 4.69) is 5.32 Å². The molecule has 0 bridgehead atoms. The summed E-state index contributed by atoms with van der Waals surface area (Å²) in [6.45, 7) is 3.75. The largest absolute Gasteiger partial charge is 0.395 e. The number of aliphatic hydroxyl groups is 1. The first-order valence-electron chi connectivity index (χ1n) is 3.30. The summed E-state index contributed by atoms with van der Waals surface area (Å²) in [4.78, 5) is 0. The summed E-state index contributed by atoms with van der Waals surface area (Å²) >= 11 is 0. The van der Waals surface area contributed by atoms with Gasteiger partial charge in [-0.15, -0.1) is 12.4 Å². The maximum Gasteiger partial charge on any atom is 0.0723 e. The summed E-state index contributed by atoms with van der Waals surface area (Å²) in [6.07, 6.45) is 0.156. The highest BCUT2D eigenvalue weighted by molar-refractivity contribution is 5.85. The topological polar surface area (TPSA) is 41.5 Å². The van der Waals surface area contributed by atoms with Crippen molar-refractivity contribution in [2.45, 2.75) is 19.1 Å². The van der Waals surface area contributed by atoms with Crippen molar-refractivity contribution in [1.82, 2.24) is 5.32 Å². The van der Waals surface area contributed by atoms with Crippen LogP contribution in [0.2, 0.25) is 0 Å². The van der Waals surface area contributed by atoms with Gasteiger partial charge in [-0.25, -0.2) is 0 Å². The molecule has 10 heavy (non-hydrogen) atoms. The van der Waals surface area contributed by atoms with Gasteiger partial charge < -0.3 is 15.2 Å². The molecule has 1 saturated heterocycles. The molecule has 3 nitrogen and oxygen atoms in total.